The van der Waals surface area contributed by atoms with Gasteiger partial charge in [-0.2, -0.15) is 0 Å². The van der Waals surface area contributed by atoms with Crippen LogP contribution >= 0.6 is 11.6 Å². The molecule has 4 nitrogen and oxygen atoms in total. The lowest BCUT2D eigenvalue weighted by Crippen LogP contribution is -2.18. The molecule has 0 atom stereocenters. The van der Waals surface area contributed by atoms with Gasteiger partial charge in [-0.15, -0.1) is 0 Å². The number of methoxy groups -OCH3 is 1. The van der Waals surface area contributed by atoms with Crippen molar-refractivity contribution in [2.75, 3.05) is 7.11 Å². The van der Waals surface area contributed by atoms with Gasteiger partial charge in [0.15, 0.2) is 11.5 Å². The molecule has 29 heavy (non-hydrogen) atoms. The smallest absolute Gasteiger partial charge is 0.176 e. The van der Waals surface area contributed by atoms with Crippen molar-refractivity contribution in [2.45, 2.75) is 6.17 Å². The number of hydrogen-bond donors (Lipinski definition) is 1. The van der Waals surface area contributed by atoms with Crippen molar-refractivity contribution in [1.82, 2.24) is 9.13 Å². The fraction of sp³-hybridized carbons (Fsp3) is 0.0833. The molecule has 2 heterocycles. The van der Waals surface area contributed by atoms with Gasteiger partial charge in [0.05, 0.1) is 23.2 Å². The van der Waals surface area contributed by atoms with Crippen LogP contribution in [0.1, 0.15) is 11.7 Å². The Hall–Kier alpha value is -3.37. The second-order valence-electron chi connectivity index (χ2n) is 6.99. The molecule has 3 aromatic carbocycles. The van der Waals surface area contributed by atoms with Gasteiger partial charge in [0.1, 0.15) is 6.17 Å². The molecule has 0 spiro atoms. The van der Waals surface area contributed by atoms with E-state index in [9.17, 15) is 5.11 Å². The summed E-state index contributed by atoms with van der Waals surface area (Å²) in [5.74, 6) is 0.303. The molecule has 5 rings (SSSR count). The third-order valence-electron chi connectivity index (χ3n) is 5.36. The van der Waals surface area contributed by atoms with Crippen molar-refractivity contribution in [1.29, 1.82) is 0 Å². The molecule has 0 bridgehead atoms. The Kier molecular flexibility index (Phi) is 4.22. The molecule has 0 fully saturated rings. The summed E-state index contributed by atoms with van der Waals surface area (Å²) < 4.78 is 9.80. The zero-order valence-corrected chi connectivity index (χ0v) is 16.5. The van der Waals surface area contributed by atoms with Crippen LogP contribution in [0.4, 0.5) is 0 Å². The van der Waals surface area contributed by atoms with E-state index in [1.165, 1.54) is 7.11 Å². The summed E-state index contributed by atoms with van der Waals surface area (Å²) in [6.45, 7) is 0. The standard InChI is InChI=1S/C24H19ClN2O2/c1-29-22-15-18(14-19(25)23(22)28)24(26-12-10-16-6-2-4-8-20(16)26)27-13-11-17-7-3-5-9-21(17)27/h2-15,24,28H,1H3. The van der Waals surface area contributed by atoms with E-state index in [0.717, 1.165) is 27.4 Å². The molecule has 0 aliphatic rings. The SMILES string of the molecule is COc1cc(C(n2ccc3ccccc32)n2ccc3ccccc32)cc(Cl)c1O. The van der Waals surface area contributed by atoms with Crippen molar-refractivity contribution in [3.8, 4) is 11.5 Å². The van der Waals surface area contributed by atoms with E-state index in [0.29, 0.717) is 5.75 Å². The molecule has 0 aliphatic carbocycles. The molecule has 0 amide bonds. The quantitative estimate of drug-likeness (QED) is 0.397. The summed E-state index contributed by atoms with van der Waals surface area (Å²) in [6, 6.07) is 24.4. The lowest BCUT2D eigenvalue weighted by atomic mass is 10.1. The van der Waals surface area contributed by atoms with Crippen LogP contribution in [-0.4, -0.2) is 21.4 Å². The van der Waals surface area contributed by atoms with E-state index in [4.69, 9.17) is 16.3 Å². The Bertz CT molecular complexity index is 1260. The van der Waals surface area contributed by atoms with Crippen molar-refractivity contribution >= 4 is 33.4 Å². The molecule has 0 saturated carbocycles. The van der Waals surface area contributed by atoms with Crippen molar-refractivity contribution in [3.05, 3.63) is 95.8 Å². The molecule has 144 valence electrons. The van der Waals surface area contributed by atoms with Crippen LogP contribution in [-0.2, 0) is 0 Å². The molecule has 0 unspecified atom stereocenters. The molecule has 0 aliphatic heterocycles. The Morgan fingerprint density at radius 2 is 1.38 bits per heavy atom. The second kappa shape index (κ2) is 6.90. The van der Waals surface area contributed by atoms with E-state index in [2.05, 4.69) is 57.9 Å². The average molecular weight is 403 g/mol. The first-order valence-corrected chi connectivity index (χ1v) is 9.73. The van der Waals surface area contributed by atoms with Crippen LogP contribution in [0, 0.1) is 0 Å². The third kappa shape index (κ3) is 2.84. The van der Waals surface area contributed by atoms with Gasteiger partial charge in [-0.1, -0.05) is 48.0 Å². The maximum absolute atomic E-state index is 10.2. The number of aromatic hydroxyl groups is 1. The van der Waals surface area contributed by atoms with Crippen LogP contribution in [0.2, 0.25) is 5.02 Å². The minimum atomic E-state index is -0.207. The third-order valence-corrected chi connectivity index (χ3v) is 5.64. The van der Waals surface area contributed by atoms with Crippen molar-refractivity contribution in [2.24, 2.45) is 0 Å². The monoisotopic (exact) mass is 402 g/mol. The molecule has 2 aromatic heterocycles. The van der Waals surface area contributed by atoms with E-state index in [1.54, 1.807) is 6.07 Å². The fourth-order valence-electron chi connectivity index (χ4n) is 3.99. The molecule has 0 saturated heterocycles. The van der Waals surface area contributed by atoms with Gasteiger partial charge < -0.3 is 19.0 Å². The minimum Gasteiger partial charge on any atom is -0.503 e. The highest BCUT2D eigenvalue weighted by Crippen LogP contribution is 2.39. The number of rotatable bonds is 4. The van der Waals surface area contributed by atoms with Gasteiger partial charge in [-0.25, -0.2) is 0 Å². The largest absolute Gasteiger partial charge is 0.503 e. The summed E-state index contributed by atoms with van der Waals surface area (Å²) in [5.41, 5.74) is 3.13. The first kappa shape index (κ1) is 17.7. The van der Waals surface area contributed by atoms with E-state index >= 15 is 0 Å². The van der Waals surface area contributed by atoms with Crippen LogP contribution < -0.4 is 4.74 Å². The number of phenolic OH excluding ortho intramolecular Hbond substituents is 1. The summed E-state index contributed by atoms with van der Waals surface area (Å²) in [4.78, 5) is 0. The lowest BCUT2D eigenvalue weighted by Gasteiger charge is -2.25. The number of hydrogen-bond acceptors (Lipinski definition) is 2. The highest BCUT2D eigenvalue weighted by atomic mass is 35.5. The van der Waals surface area contributed by atoms with Crippen LogP contribution in [0.15, 0.2) is 85.2 Å². The molecule has 5 heteroatoms. The van der Waals surface area contributed by atoms with E-state index in [1.807, 2.05) is 30.3 Å². The number of benzene rings is 3. The zero-order chi connectivity index (χ0) is 20.0. The van der Waals surface area contributed by atoms with E-state index < -0.39 is 0 Å². The molecule has 5 aromatic rings. The number of ether oxygens (including phenoxy) is 1. The lowest BCUT2D eigenvalue weighted by molar-refractivity contribution is 0.372. The van der Waals surface area contributed by atoms with Crippen LogP contribution in [0.5, 0.6) is 11.5 Å². The summed E-state index contributed by atoms with van der Waals surface area (Å²) in [7, 11) is 1.53. The molecule has 1 N–H and O–H groups in total. The van der Waals surface area contributed by atoms with Crippen LogP contribution in [0.3, 0.4) is 0 Å². The van der Waals surface area contributed by atoms with Gasteiger partial charge >= 0.3 is 0 Å². The summed E-state index contributed by atoms with van der Waals surface area (Å²) >= 11 is 6.35. The Morgan fingerprint density at radius 1 is 0.828 bits per heavy atom. The Labute approximate surface area is 173 Å². The maximum atomic E-state index is 10.2. The predicted octanol–water partition coefficient (Wildman–Crippen LogP) is 6.06. The molecular weight excluding hydrogens is 384 g/mol. The predicted molar refractivity (Wildman–Crippen MR) is 117 cm³/mol. The minimum absolute atomic E-state index is 0.0496. The number of para-hydroxylation sites is 2. The maximum Gasteiger partial charge on any atom is 0.176 e. The highest BCUT2D eigenvalue weighted by Gasteiger charge is 2.22. The number of halogens is 1. The van der Waals surface area contributed by atoms with Gasteiger partial charge in [0, 0.05) is 18.0 Å². The summed E-state index contributed by atoms with van der Waals surface area (Å²) in [5, 5.41) is 12.8. The fourth-order valence-corrected chi connectivity index (χ4v) is 4.21. The van der Waals surface area contributed by atoms with Gasteiger partial charge in [0.25, 0.3) is 0 Å². The highest BCUT2D eigenvalue weighted by molar-refractivity contribution is 6.32. The number of aromatic nitrogens is 2. The zero-order valence-electron chi connectivity index (χ0n) is 15.8. The molecular formula is C24H19ClN2O2. The number of fused-ring (bicyclic) bond motifs is 2. The first-order chi connectivity index (χ1) is 14.2. The van der Waals surface area contributed by atoms with Crippen molar-refractivity contribution < 1.29 is 9.84 Å². The Balaban J connectivity index is 1.82. The normalized spacial score (nSPS) is 11.6. The first-order valence-electron chi connectivity index (χ1n) is 9.35. The topological polar surface area (TPSA) is 39.3 Å². The van der Waals surface area contributed by atoms with Crippen molar-refractivity contribution in [3.63, 3.8) is 0 Å². The van der Waals surface area contributed by atoms with Crippen LogP contribution in [0.25, 0.3) is 21.8 Å². The number of phenols is 1. The van der Waals surface area contributed by atoms with E-state index in [-0.39, 0.29) is 16.9 Å². The van der Waals surface area contributed by atoms with Gasteiger partial charge in [-0.3, -0.25) is 0 Å². The Morgan fingerprint density at radius 3 is 1.93 bits per heavy atom. The number of nitrogens with zero attached hydrogens (tertiary/aromatic N) is 2. The van der Waals surface area contributed by atoms with Gasteiger partial charge in [0.2, 0.25) is 0 Å². The average Bonchev–Trinajstić information content (AvgIpc) is 3.36. The van der Waals surface area contributed by atoms with Gasteiger partial charge in [-0.05, 0) is 47.2 Å². The summed E-state index contributed by atoms with van der Waals surface area (Å²) in [6.07, 6.45) is 3.95. The molecule has 0 radical (unpaired) electrons. The second-order valence-corrected chi connectivity index (χ2v) is 7.40.